The number of nitrogens with zero attached hydrogens (tertiary/aromatic N) is 1. The summed E-state index contributed by atoms with van der Waals surface area (Å²) in [6.45, 7) is 4.33. The minimum Gasteiger partial charge on any atom is -0.489 e. The van der Waals surface area contributed by atoms with E-state index in [9.17, 15) is 5.26 Å². The first-order chi connectivity index (χ1) is 15.2. The first kappa shape index (κ1) is 23.4. The van der Waals surface area contributed by atoms with Crippen molar-refractivity contribution in [3.05, 3.63) is 53.6 Å². The molecule has 0 aromatic heterocycles. The summed E-state index contributed by atoms with van der Waals surface area (Å²) in [4.78, 5) is 0. The van der Waals surface area contributed by atoms with Crippen LogP contribution in [-0.4, -0.2) is 6.10 Å². The monoisotopic (exact) mass is 417 g/mol. The summed E-state index contributed by atoms with van der Waals surface area (Å²) in [5, 5.41) is 9.66. The molecule has 0 saturated heterocycles. The summed E-state index contributed by atoms with van der Waals surface area (Å²) in [5.74, 6) is 1.63. The largest absolute Gasteiger partial charge is 0.489 e. The third-order valence-corrected chi connectivity index (χ3v) is 6.75. The van der Waals surface area contributed by atoms with Crippen molar-refractivity contribution in [1.82, 2.24) is 0 Å². The molecule has 166 valence electrons. The van der Waals surface area contributed by atoms with Crippen LogP contribution in [0.1, 0.15) is 95.6 Å². The van der Waals surface area contributed by atoms with Crippen LogP contribution in [0.5, 0.6) is 5.75 Å². The van der Waals surface area contributed by atoms with Crippen LogP contribution in [0.25, 0.3) is 11.1 Å². The molecule has 1 aliphatic rings. The quantitative estimate of drug-likeness (QED) is 0.343. The molecule has 3 rings (SSSR count). The molecule has 0 spiro atoms. The molecule has 1 atom stereocenters. The van der Waals surface area contributed by atoms with Gasteiger partial charge in [-0.05, 0) is 67.3 Å². The summed E-state index contributed by atoms with van der Waals surface area (Å²) in [6.07, 6.45) is 15.7. The first-order valence-electron chi connectivity index (χ1n) is 12.5. The minimum absolute atomic E-state index is 0.137. The average Bonchev–Trinajstić information content (AvgIpc) is 2.82. The molecule has 0 aliphatic heterocycles. The lowest BCUT2D eigenvalue weighted by atomic mass is 9.85. The van der Waals surface area contributed by atoms with Crippen LogP contribution in [0.15, 0.2) is 42.5 Å². The molecule has 0 unspecified atom stereocenters. The predicted octanol–water partition coefficient (Wildman–Crippen LogP) is 8.48. The normalized spacial score (nSPS) is 15.4. The second-order valence-corrected chi connectivity index (χ2v) is 9.34. The van der Waals surface area contributed by atoms with Crippen LogP contribution in [0.4, 0.5) is 0 Å². The fourth-order valence-corrected chi connectivity index (χ4v) is 4.74. The Balaban J connectivity index is 1.57. The van der Waals surface area contributed by atoms with E-state index in [0.29, 0.717) is 11.3 Å². The highest BCUT2D eigenvalue weighted by Crippen LogP contribution is 2.30. The molecular formula is C29H39NO. The molecule has 0 bridgehead atoms. The van der Waals surface area contributed by atoms with Crippen LogP contribution in [-0.2, 0) is 6.42 Å². The molecule has 1 aliphatic carbocycles. The van der Waals surface area contributed by atoms with Gasteiger partial charge in [0.15, 0.2) is 0 Å². The standard InChI is InChI=1S/C29H39NO/c1-3-4-5-7-10-23(2)31-29-20-19-27(21-28(29)22-30)26-17-15-25(16-18-26)14-13-24-11-8-6-9-12-24/h15-21,23-24H,3-14H2,1-2H3/t23-/m1/s1. The highest BCUT2D eigenvalue weighted by molar-refractivity contribution is 5.67. The number of hydrogen-bond donors (Lipinski definition) is 0. The lowest BCUT2D eigenvalue weighted by Crippen LogP contribution is -2.12. The third-order valence-electron chi connectivity index (χ3n) is 6.75. The zero-order valence-corrected chi connectivity index (χ0v) is 19.5. The summed E-state index contributed by atoms with van der Waals surface area (Å²) in [6, 6.07) is 17.3. The van der Waals surface area contributed by atoms with E-state index >= 15 is 0 Å². The van der Waals surface area contributed by atoms with Crippen molar-refractivity contribution in [2.24, 2.45) is 5.92 Å². The second-order valence-electron chi connectivity index (χ2n) is 9.34. The highest BCUT2D eigenvalue weighted by Gasteiger charge is 2.13. The van der Waals surface area contributed by atoms with Gasteiger partial charge in [-0.15, -0.1) is 0 Å². The molecule has 2 nitrogen and oxygen atoms in total. The topological polar surface area (TPSA) is 33.0 Å². The summed E-state index contributed by atoms with van der Waals surface area (Å²) >= 11 is 0. The lowest BCUT2D eigenvalue weighted by molar-refractivity contribution is 0.206. The molecule has 2 aromatic carbocycles. The Labute approximate surface area is 189 Å². The molecule has 0 amide bonds. The van der Waals surface area contributed by atoms with Crippen molar-refractivity contribution in [1.29, 1.82) is 5.26 Å². The van der Waals surface area contributed by atoms with Gasteiger partial charge in [-0.2, -0.15) is 5.26 Å². The number of ether oxygens (including phenoxy) is 1. The van der Waals surface area contributed by atoms with Gasteiger partial charge < -0.3 is 4.74 Å². The Morgan fingerprint density at radius 3 is 2.42 bits per heavy atom. The van der Waals surface area contributed by atoms with Gasteiger partial charge in [0.1, 0.15) is 11.8 Å². The maximum Gasteiger partial charge on any atom is 0.137 e. The molecule has 1 saturated carbocycles. The third kappa shape index (κ3) is 7.42. The van der Waals surface area contributed by atoms with E-state index < -0.39 is 0 Å². The van der Waals surface area contributed by atoms with Crippen LogP contribution in [0.2, 0.25) is 0 Å². The van der Waals surface area contributed by atoms with Crippen molar-refractivity contribution in [3.63, 3.8) is 0 Å². The van der Waals surface area contributed by atoms with Gasteiger partial charge in [0.2, 0.25) is 0 Å². The molecule has 31 heavy (non-hydrogen) atoms. The maximum atomic E-state index is 9.66. The van der Waals surface area contributed by atoms with Gasteiger partial charge in [0, 0.05) is 0 Å². The Bertz CT molecular complexity index is 827. The number of aryl methyl sites for hydroxylation is 1. The fraction of sp³-hybridized carbons (Fsp3) is 0.552. The Hall–Kier alpha value is -2.27. The number of rotatable bonds is 11. The summed E-state index contributed by atoms with van der Waals surface area (Å²) in [5.41, 5.74) is 4.29. The first-order valence-corrected chi connectivity index (χ1v) is 12.5. The van der Waals surface area contributed by atoms with Gasteiger partial charge in [-0.1, -0.05) is 88.6 Å². The zero-order chi connectivity index (χ0) is 21.9. The molecule has 0 heterocycles. The highest BCUT2D eigenvalue weighted by atomic mass is 16.5. The molecule has 2 aromatic rings. The van der Waals surface area contributed by atoms with Crippen LogP contribution in [0.3, 0.4) is 0 Å². The van der Waals surface area contributed by atoms with Crippen molar-refractivity contribution < 1.29 is 4.74 Å². The number of unbranched alkanes of at least 4 members (excludes halogenated alkanes) is 3. The molecular weight excluding hydrogens is 378 g/mol. The van der Waals surface area contributed by atoms with Crippen LogP contribution in [0, 0.1) is 17.2 Å². The smallest absolute Gasteiger partial charge is 0.137 e. The second kappa shape index (κ2) is 12.6. The summed E-state index contributed by atoms with van der Waals surface area (Å²) < 4.78 is 6.09. The summed E-state index contributed by atoms with van der Waals surface area (Å²) in [7, 11) is 0. The van der Waals surface area contributed by atoms with Crippen molar-refractivity contribution in [2.45, 2.75) is 97.0 Å². The Morgan fingerprint density at radius 1 is 0.968 bits per heavy atom. The Morgan fingerprint density at radius 2 is 1.71 bits per heavy atom. The fourth-order valence-electron chi connectivity index (χ4n) is 4.74. The van der Waals surface area contributed by atoms with Crippen molar-refractivity contribution in [2.75, 3.05) is 0 Å². The molecule has 0 radical (unpaired) electrons. The van der Waals surface area contributed by atoms with E-state index in [-0.39, 0.29) is 6.10 Å². The van der Waals surface area contributed by atoms with Crippen LogP contribution < -0.4 is 4.74 Å². The van der Waals surface area contributed by atoms with Crippen molar-refractivity contribution >= 4 is 0 Å². The zero-order valence-electron chi connectivity index (χ0n) is 19.5. The van der Waals surface area contributed by atoms with E-state index in [4.69, 9.17) is 4.74 Å². The van der Waals surface area contributed by atoms with Gasteiger partial charge in [0.25, 0.3) is 0 Å². The van der Waals surface area contributed by atoms with Gasteiger partial charge in [0.05, 0.1) is 11.7 Å². The van der Waals surface area contributed by atoms with Crippen molar-refractivity contribution in [3.8, 4) is 22.9 Å². The van der Waals surface area contributed by atoms with Gasteiger partial charge in [-0.25, -0.2) is 0 Å². The molecule has 2 heteroatoms. The number of nitriles is 1. The van der Waals surface area contributed by atoms with E-state index in [2.05, 4.69) is 50.2 Å². The molecule has 0 N–H and O–H groups in total. The number of benzene rings is 2. The van der Waals surface area contributed by atoms with E-state index in [1.807, 2.05) is 12.1 Å². The minimum atomic E-state index is 0.137. The maximum absolute atomic E-state index is 9.66. The van der Waals surface area contributed by atoms with E-state index in [0.717, 1.165) is 23.5 Å². The SMILES string of the molecule is CCCCCC[C@@H](C)Oc1ccc(-c2ccc(CCC3CCCCC3)cc2)cc1C#N. The van der Waals surface area contributed by atoms with E-state index in [1.54, 1.807) is 0 Å². The van der Waals surface area contributed by atoms with Crippen LogP contribution >= 0.6 is 0 Å². The van der Waals surface area contributed by atoms with Gasteiger partial charge in [-0.3, -0.25) is 0 Å². The molecule has 1 fully saturated rings. The predicted molar refractivity (Wildman–Crippen MR) is 130 cm³/mol. The Kier molecular flexibility index (Phi) is 9.47. The van der Waals surface area contributed by atoms with Gasteiger partial charge >= 0.3 is 0 Å². The number of hydrogen-bond acceptors (Lipinski definition) is 2. The lowest BCUT2D eigenvalue weighted by Gasteiger charge is -2.21. The van der Waals surface area contributed by atoms with E-state index in [1.165, 1.54) is 76.2 Å². The average molecular weight is 418 g/mol.